The number of rotatable bonds is 4. The molecule has 1 aromatic carbocycles. The van der Waals surface area contributed by atoms with Crippen molar-refractivity contribution in [3.8, 4) is 0 Å². The molecule has 0 aliphatic carbocycles. The fraction of sp³-hybridized carbons (Fsp3) is 0.143. The Morgan fingerprint density at radius 1 is 1.29 bits per heavy atom. The Bertz CT molecular complexity index is 770. The molecule has 0 bridgehead atoms. The number of nitrogens with one attached hydrogen (secondary N) is 1. The molecule has 0 unspecified atom stereocenters. The van der Waals surface area contributed by atoms with Crippen molar-refractivity contribution in [2.75, 3.05) is 5.43 Å². The molecule has 7 heteroatoms. The highest BCUT2D eigenvalue weighted by Gasteiger charge is 2.10. The molecule has 0 radical (unpaired) electrons. The second kappa shape index (κ2) is 6.31. The molecule has 2 aromatic heterocycles. The predicted molar refractivity (Wildman–Crippen MR) is 93.7 cm³/mol. The molecule has 0 amide bonds. The molecule has 2 heterocycles. The number of anilines is 1. The lowest BCUT2D eigenvalue weighted by atomic mass is 10.3. The van der Waals surface area contributed by atoms with E-state index in [4.69, 9.17) is 5.84 Å². The first kappa shape index (κ1) is 14.8. The minimum absolute atomic E-state index is 0.691. The van der Waals surface area contributed by atoms with Crippen molar-refractivity contribution >= 4 is 55.1 Å². The number of nitrogen functional groups attached to an aromatic ring is 1. The molecule has 108 valence electrons. The van der Waals surface area contributed by atoms with Crippen LogP contribution in [-0.4, -0.2) is 9.97 Å². The Kier molecular flexibility index (Phi) is 4.44. The highest BCUT2D eigenvalue weighted by molar-refractivity contribution is 9.10. The van der Waals surface area contributed by atoms with Gasteiger partial charge in [-0.2, -0.15) is 0 Å². The van der Waals surface area contributed by atoms with Crippen molar-refractivity contribution < 1.29 is 0 Å². The third-order valence-electron chi connectivity index (χ3n) is 2.88. The minimum atomic E-state index is 0.691. The largest absolute Gasteiger partial charge is 0.308 e. The summed E-state index contributed by atoms with van der Waals surface area (Å²) in [6.45, 7) is 2.06. The molecule has 3 N–H and O–H groups in total. The van der Waals surface area contributed by atoms with Crippen molar-refractivity contribution in [1.82, 2.24) is 9.97 Å². The molecule has 3 aromatic rings. The van der Waals surface area contributed by atoms with Gasteiger partial charge in [-0.1, -0.05) is 15.9 Å². The van der Waals surface area contributed by atoms with Gasteiger partial charge in [0.1, 0.15) is 10.7 Å². The second-order valence-corrected chi connectivity index (χ2v) is 7.65. The lowest BCUT2D eigenvalue weighted by Gasteiger charge is -2.05. The molecule has 0 saturated heterocycles. The monoisotopic (exact) mass is 380 g/mol. The van der Waals surface area contributed by atoms with Crippen LogP contribution >= 0.6 is 39.0 Å². The highest BCUT2D eigenvalue weighted by atomic mass is 79.9. The van der Waals surface area contributed by atoms with E-state index in [1.54, 1.807) is 23.1 Å². The van der Waals surface area contributed by atoms with E-state index in [9.17, 15) is 0 Å². The molecule has 4 nitrogen and oxygen atoms in total. The van der Waals surface area contributed by atoms with Gasteiger partial charge < -0.3 is 5.43 Å². The van der Waals surface area contributed by atoms with Crippen LogP contribution in [0.15, 0.2) is 39.7 Å². The Hall–Kier alpha value is -1.15. The van der Waals surface area contributed by atoms with Gasteiger partial charge in [-0.25, -0.2) is 15.8 Å². The minimum Gasteiger partial charge on any atom is -0.308 e. The highest BCUT2D eigenvalue weighted by Crippen LogP contribution is 2.30. The summed E-state index contributed by atoms with van der Waals surface area (Å²) in [6, 6.07) is 10.3. The number of aromatic nitrogens is 2. The van der Waals surface area contributed by atoms with Crippen LogP contribution in [0.2, 0.25) is 0 Å². The average Bonchev–Trinajstić information content (AvgIpc) is 2.86. The molecule has 0 aliphatic rings. The van der Waals surface area contributed by atoms with Crippen molar-refractivity contribution in [2.45, 2.75) is 17.6 Å². The van der Waals surface area contributed by atoms with Gasteiger partial charge in [0.05, 0.1) is 11.1 Å². The van der Waals surface area contributed by atoms with E-state index >= 15 is 0 Å². The Balaban J connectivity index is 1.84. The molecule has 0 spiro atoms. The van der Waals surface area contributed by atoms with Gasteiger partial charge in [0, 0.05) is 14.2 Å². The molecule has 3 rings (SSSR count). The Labute approximate surface area is 139 Å². The number of hydrazine groups is 1. The van der Waals surface area contributed by atoms with E-state index in [-0.39, 0.29) is 0 Å². The Morgan fingerprint density at radius 3 is 2.76 bits per heavy atom. The van der Waals surface area contributed by atoms with E-state index in [0.717, 1.165) is 20.5 Å². The van der Waals surface area contributed by atoms with Crippen LogP contribution < -0.4 is 11.3 Å². The molecular formula is C14H13BrN4S2. The van der Waals surface area contributed by atoms with Crippen LogP contribution in [0.5, 0.6) is 0 Å². The van der Waals surface area contributed by atoms with Gasteiger partial charge in [-0.15, -0.1) is 23.1 Å². The first-order chi connectivity index (χ1) is 10.2. The normalized spacial score (nSPS) is 11.0. The van der Waals surface area contributed by atoms with E-state index in [1.165, 1.54) is 9.77 Å². The fourth-order valence-corrected chi connectivity index (χ4v) is 3.86. The number of hydrogen-bond acceptors (Lipinski definition) is 6. The van der Waals surface area contributed by atoms with Gasteiger partial charge >= 0.3 is 0 Å². The zero-order valence-electron chi connectivity index (χ0n) is 11.3. The third kappa shape index (κ3) is 3.37. The number of aryl methyl sites for hydroxylation is 1. The zero-order chi connectivity index (χ0) is 14.8. The van der Waals surface area contributed by atoms with Crippen LogP contribution in [0.3, 0.4) is 0 Å². The lowest BCUT2D eigenvalue weighted by molar-refractivity contribution is 1.06. The van der Waals surface area contributed by atoms with E-state index in [0.29, 0.717) is 11.6 Å². The van der Waals surface area contributed by atoms with E-state index < -0.39 is 0 Å². The van der Waals surface area contributed by atoms with Crippen LogP contribution in [0.1, 0.15) is 10.7 Å². The van der Waals surface area contributed by atoms with E-state index in [2.05, 4.69) is 56.4 Å². The van der Waals surface area contributed by atoms with Gasteiger partial charge in [0.2, 0.25) is 0 Å². The van der Waals surface area contributed by atoms with Crippen molar-refractivity contribution in [2.24, 2.45) is 5.84 Å². The number of nitrogens with zero attached hydrogens (tertiary/aromatic N) is 2. The number of halogens is 1. The summed E-state index contributed by atoms with van der Waals surface area (Å²) >= 11 is 6.80. The maximum atomic E-state index is 5.57. The first-order valence-corrected chi connectivity index (χ1v) is 8.87. The second-order valence-electron chi connectivity index (χ2n) is 4.45. The quantitative estimate of drug-likeness (QED) is 0.400. The number of nitrogens with two attached hydrogens (primary N) is 1. The summed E-state index contributed by atoms with van der Waals surface area (Å²) < 4.78 is 1.08. The topological polar surface area (TPSA) is 63.8 Å². The van der Waals surface area contributed by atoms with Crippen LogP contribution in [0.25, 0.3) is 10.2 Å². The molecular weight excluding hydrogens is 368 g/mol. The van der Waals surface area contributed by atoms with Crippen molar-refractivity contribution in [1.29, 1.82) is 0 Å². The van der Waals surface area contributed by atoms with Crippen molar-refractivity contribution in [3.63, 3.8) is 0 Å². The molecule has 0 saturated carbocycles. The summed E-state index contributed by atoms with van der Waals surface area (Å²) in [5.74, 6) is 7.75. The zero-order valence-corrected chi connectivity index (χ0v) is 14.5. The third-order valence-corrected chi connectivity index (χ3v) is 5.36. The standard InChI is InChI=1S/C14H13BrN4S2/c1-8-6-11-13(19-16)17-12(18-14(11)21-8)7-20-10-4-2-9(15)3-5-10/h2-6H,7,16H2,1H3,(H,17,18,19). The summed E-state index contributed by atoms with van der Waals surface area (Å²) in [5.41, 5.74) is 2.67. The maximum Gasteiger partial charge on any atom is 0.152 e. The smallest absolute Gasteiger partial charge is 0.152 e. The summed E-state index contributed by atoms with van der Waals surface area (Å²) in [4.78, 5) is 12.5. The molecule has 0 fully saturated rings. The number of fused-ring (bicyclic) bond motifs is 1. The number of hydrogen-bond donors (Lipinski definition) is 2. The fourth-order valence-electron chi connectivity index (χ4n) is 1.94. The predicted octanol–water partition coefficient (Wildman–Crippen LogP) is 4.34. The maximum absolute atomic E-state index is 5.57. The van der Waals surface area contributed by atoms with Crippen molar-refractivity contribution in [3.05, 3.63) is 45.5 Å². The number of thioether (sulfide) groups is 1. The SMILES string of the molecule is Cc1cc2c(NN)nc(CSc3ccc(Br)cc3)nc2s1. The number of thiophene rings is 1. The summed E-state index contributed by atoms with van der Waals surface area (Å²) in [6.07, 6.45) is 0. The molecule has 21 heavy (non-hydrogen) atoms. The van der Waals surface area contributed by atoms with Gasteiger partial charge in [-0.3, -0.25) is 0 Å². The van der Waals surface area contributed by atoms with Gasteiger partial charge in [0.15, 0.2) is 5.82 Å². The molecule has 0 atom stereocenters. The molecule has 0 aliphatic heterocycles. The van der Waals surface area contributed by atoms with Gasteiger partial charge in [-0.05, 0) is 37.3 Å². The summed E-state index contributed by atoms with van der Waals surface area (Å²) in [7, 11) is 0. The average molecular weight is 381 g/mol. The lowest BCUT2D eigenvalue weighted by Crippen LogP contribution is -2.10. The van der Waals surface area contributed by atoms with Crippen LogP contribution in [0.4, 0.5) is 5.82 Å². The summed E-state index contributed by atoms with van der Waals surface area (Å²) in [5, 5.41) is 0.984. The number of benzene rings is 1. The van der Waals surface area contributed by atoms with Gasteiger partial charge in [0.25, 0.3) is 0 Å². The van der Waals surface area contributed by atoms with Crippen LogP contribution in [-0.2, 0) is 5.75 Å². The van der Waals surface area contributed by atoms with Crippen LogP contribution in [0, 0.1) is 6.92 Å². The first-order valence-electron chi connectivity index (χ1n) is 6.28. The van der Waals surface area contributed by atoms with E-state index in [1.807, 2.05) is 12.1 Å². The Morgan fingerprint density at radius 2 is 2.05 bits per heavy atom.